The van der Waals surface area contributed by atoms with Crippen molar-refractivity contribution in [3.8, 4) is 11.3 Å². The fourth-order valence-electron chi connectivity index (χ4n) is 2.23. The summed E-state index contributed by atoms with van der Waals surface area (Å²) in [5.74, 6) is 0. The molecule has 112 valence electrons. The number of halogens is 3. The zero-order valence-electron chi connectivity index (χ0n) is 11.6. The van der Waals surface area contributed by atoms with Crippen LogP contribution >= 0.6 is 0 Å². The lowest BCUT2D eigenvalue weighted by molar-refractivity contribution is -0.137. The maximum atomic E-state index is 12.9. The standard InChI is InChI=1S/C16H11F3N2O/c1-10-2-4-11(5-3-10)14-8-21-7-13(16(17,18)19)6-12(9-22)15(21)20-14/h2-9H,1H3. The first-order valence-corrected chi connectivity index (χ1v) is 6.50. The quantitative estimate of drug-likeness (QED) is 0.667. The summed E-state index contributed by atoms with van der Waals surface area (Å²) in [7, 11) is 0. The summed E-state index contributed by atoms with van der Waals surface area (Å²) in [6, 6.07) is 8.27. The third kappa shape index (κ3) is 2.47. The van der Waals surface area contributed by atoms with Crippen LogP contribution in [0.1, 0.15) is 21.5 Å². The Morgan fingerprint density at radius 3 is 2.41 bits per heavy atom. The van der Waals surface area contributed by atoms with Gasteiger partial charge in [-0.2, -0.15) is 13.2 Å². The molecular formula is C16H11F3N2O. The molecular weight excluding hydrogens is 293 g/mol. The largest absolute Gasteiger partial charge is 0.417 e. The molecule has 0 aliphatic rings. The van der Waals surface area contributed by atoms with Gasteiger partial charge in [-0.05, 0) is 13.0 Å². The topological polar surface area (TPSA) is 34.4 Å². The predicted molar refractivity (Wildman–Crippen MR) is 75.8 cm³/mol. The minimum atomic E-state index is -4.51. The number of pyridine rings is 1. The Hall–Kier alpha value is -2.63. The molecule has 3 rings (SSSR count). The molecule has 0 unspecified atom stereocenters. The number of aryl methyl sites for hydroxylation is 1. The second-order valence-corrected chi connectivity index (χ2v) is 5.02. The van der Waals surface area contributed by atoms with E-state index in [1.54, 1.807) is 0 Å². The van der Waals surface area contributed by atoms with Gasteiger partial charge in [-0.1, -0.05) is 29.8 Å². The fraction of sp³-hybridized carbons (Fsp3) is 0.125. The van der Waals surface area contributed by atoms with Gasteiger partial charge in [0.15, 0.2) is 6.29 Å². The third-order valence-electron chi connectivity index (χ3n) is 3.38. The zero-order valence-corrected chi connectivity index (χ0v) is 11.6. The van der Waals surface area contributed by atoms with E-state index in [2.05, 4.69) is 4.98 Å². The number of imidazole rings is 1. The Labute approximate surface area is 124 Å². The molecule has 3 aromatic rings. The number of alkyl halides is 3. The monoisotopic (exact) mass is 304 g/mol. The molecule has 0 N–H and O–H groups in total. The molecule has 1 aromatic carbocycles. The van der Waals surface area contributed by atoms with E-state index >= 15 is 0 Å². The van der Waals surface area contributed by atoms with Crippen LogP contribution in [0.3, 0.4) is 0 Å². The molecule has 0 spiro atoms. The highest BCUT2D eigenvalue weighted by molar-refractivity contribution is 5.85. The highest BCUT2D eigenvalue weighted by atomic mass is 19.4. The van der Waals surface area contributed by atoms with Crippen molar-refractivity contribution in [3.05, 3.63) is 59.4 Å². The Bertz CT molecular complexity index is 848. The van der Waals surface area contributed by atoms with Gasteiger partial charge in [0.25, 0.3) is 0 Å². The highest BCUT2D eigenvalue weighted by Gasteiger charge is 2.32. The van der Waals surface area contributed by atoms with Crippen LogP contribution in [0.5, 0.6) is 0 Å². The van der Waals surface area contributed by atoms with Crippen LogP contribution < -0.4 is 0 Å². The molecule has 0 atom stereocenters. The van der Waals surface area contributed by atoms with Gasteiger partial charge in [0.05, 0.1) is 16.8 Å². The molecule has 0 saturated carbocycles. The Morgan fingerprint density at radius 1 is 1.14 bits per heavy atom. The number of rotatable bonds is 2. The van der Waals surface area contributed by atoms with Crippen molar-refractivity contribution < 1.29 is 18.0 Å². The van der Waals surface area contributed by atoms with Gasteiger partial charge in [0.1, 0.15) is 5.65 Å². The molecule has 0 aliphatic carbocycles. The van der Waals surface area contributed by atoms with E-state index in [4.69, 9.17) is 0 Å². The van der Waals surface area contributed by atoms with E-state index in [1.165, 1.54) is 10.6 Å². The molecule has 0 amide bonds. The lowest BCUT2D eigenvalue weighted by Crippen LogP contribution is -2.07. The van der Waals surface area contributed by atoms with Crippen LogP contribution in [0.4, 0.5) is 13.2 Å². The molecule has 2 aromatic heterocycles. The van der Waals surface area contributed by atoms with Crippen LogP contribution in [-0.2, 0) is 6.18 Å². The van der Waals surface area contributed by atoms with Crippen molar-refractivity contribution in [2.75, 3.05) is 0 Å². The van der Waals surface area contributed by atoms with E-state index in [0.29, 0.717) is 12.0 Å². The average Bonchev–Trinajstić information content (AvgIpc) is 2.89. The Balaban J connectivity index is 2.20. The number of hydrogen-bond donors (Lipinski definition) is 0. The average molecular weight is 304 g/mol. The van der Waals surface area contributed by atoms with Gasteiger partial charge in [-0.3, -0.25) is 4.79 Å². The first-order chi connectivity index (χ1) is 10.4. The minimum Gasteiger partial charge on any atom is -0.305 e. The number of carbonyl (C=O) groups excluding carboxylic acids is 1. The number of carbonyl (C=O) groups is 1. The summed E-state index contributed by atoms with van der Waals surface area (Å²) in [6.45, 7) is 1.94. The molecule has 6 heteroatoms. The molecule has 0 bridgehead atoms. The van der Waals surface area contributed by atoms with E-state index in [0.717, 1.165) is 23.4 Å². The molecule has 0 fully saturated rings. The van der Waals surface area contributed by atoms with Crippen LogP contribution in [-0.4, -0.2) is 15.7 Å². The number of fused-ring (bicyclic) bond motifs is 1. The summed E-state index contributed by atoms with van der Waals surface area (Å²) in [6.07, 6.45) is -1.70. The zero-order chi connectivity index (χ0) is 15.9. The number of aldehydes is 1. The Morgan fingerprint density at radius 2 is 1.82 bits per heavy atom. The smallest absolute Gasteiger partial charge is 0.305 e. The molecule has 2 heterocycles. The van der Waals surface area contributed by atoms with Gasteiger partial charge in [0, 0.05) is 18.0 Å². The van der Waals surface area contributed by atoms with Crippen molar-refractivity contribution in [2.24, 2.45) is 0 Å². The van der Waals surface area contributed by atoms with Crippen LogP contribution in [0, 0.1) is 6.92 Å². The lowest BCUT2D eigenvalue weighted by Gasteiger charge is -2.07. The summed E-state index contributed by atoms with van der Waals surface area (Å²) >= 11 is 0. The summed E-state index contributed by atoms with van der Waals surface area (Å²) < 4.78 is 39.8. The summed E-state index contributed by atoms with van der Waals surface area (Å²) in [5.41, 5.74) is 1.60. The molecule has 22 heavy (non-hydrogen) atoms. The number of aromatic nitrogens is 2. The maximum Gasteiger partial charge on any atom is 0.417 e. The molecule has 0 radical (unpaired) electrons. The first-order valence-electron chi connectivity index (χ1n) is 6.50. The molecule has 0 aliphatic heterocycles. The number of hydrogen-bond acceptors (Lipinski definition) is 2. The van der Waals surface area contributed by atoms with Crippen molar-refractivity contribution in [3.63, 3.8) is 0 Å². The van der Waals surface area contributed by atoms with Crippen molar-refractivity contribution in [2.45, 2.75) is 13.1 Å². The molecule has 0 saturated heterocycles. The number of benzene rings is 1. The first kappa shape index (κ1) is 14.3. The normalized spacial score (nSPS) is 11.8. The third-order valence-corrected chi connectivity index (χ3v) is 3.38. The van der Waals surface area contributed by atoms with E-state index in [-0.39, 0.29) is 11.2 Å². The summed E-state index contributed by atoms with van der Waals surface area (Å²) in [4.78, 5) is 15.3. The van der Waals surface area contributed by atoms with Crippen molar-refractivity contribution in [1.82, 2.24) is 9.38 Å². The van der Waals surface area contributed by atoms with Crippen LogP contribution in [0.15, 0.2) is 42.7 Å². The highest BCUT2D eigenvalue weighted by Crippen LogP contribution is 2.31. The van der Waals surface area contributed by atoms with Gasteiger partial charge in [-0.25, -0.2) is 4.98 Å². The van der Waals surface area contributed by atoms with Crippen LogP contribution in [0.25, 0.3) is 16.9 Å². The number of nitrogens with zero attached hydrogens (tertiary/aromatic N) is 2. The second kappa shape index (κ2) is 4.98. The van der Waals surface area contributed by atoms with Crippen molar-refractivity contribution >= 4 is 11.9 Å². The summed E-state index contributed by atoms with van der Waals surface area (Å²) in [5, 5.41) is 0. The fourth-order valence-corrected chi connectivity index (χ4v) is 2.23. The van der Waals surface area contributed by atoms with E-state index < -0.39 is 11.7 Å². The maximum absolute atomic E-state index is 12.9. The van der Waals surface area contributed by atoms with Gasteiger partial charge >= 0.3 is 6.18 Å². The Kier molecular flexibility index (Phi) is 3.24. The minimum absolute atomic E-state index is 0.0896. The lowest BCUT2D eigenvalue weighted by atomic mass is 10.1. The van der Waals surface area contributed by atoms with Crippen LogP contribution in [0.2, 0.25) is 0 Å². The van der Waals surface area contributed by atoms with Gasteiger partial charge < -0.3 is 4.40 Å². The predicted octanol–water partition coefficient (Wildman–Crippen LogP) is 4.14. The van der Waals surface area contributed by atoms with Gasteiger partial charge in [-0.15, -0.1) is 0 Å². The second-order valence-electron chi connectivity index (χ2n) is 5.02. The van der Waals surface area contributed by atoms with E-state index in [1.807, 2.05) is 31.2 Å². The van der Waals surface area contributed by atoms with E-state index in [9.17, 15) is 18.0 Å². The van der Waals surface area contributed by atoms with Gasteiger partial charge in [0.2, 0.25) is 0 Å². The SMILES string of the molecule is Cc1ccc(-c2cn3cc(C(F)(F)F)cc(C=O)c3n2)cc1. The molecule has 3 nitrogen and oxygen atoms in total. The van der Waals surface area contributed by atoms with Crippen molar-refractivity contribution in [1.29, 1.82) is 0 Å².